The fourth-order valence-electron chi connectivity index (χ4n) is 3.03. The molecule has 0 spiro atoms. The van der Waals surface area contributed by atoms with E-state index in [1.54, 1.807) is 53.4 Å². The molecule has 0 aliphatic carbocycles. The number of ether oxygens (including phenoxy) is 2. The number of nitrogens with zero attached hydrogens (tertiary/aromatic N) is 3. The lowest BCUT2D eigenvalue weighted by atomic mass is 10.1. The fraction of sp³-hybridized carbons (Fsp3) is 0.350. The zero-order valence-electron chi connectivity index (χ0n) is 15.9. The van der Waals surface area contributed by atoms with E-state index in [-0.39, 0.29) is 17.7 Å². The first kappa shape index (κ1) is 21.4. The molecule has 29 heavy (non-hydrogen) atoms. The van der Waals surface area contributed by atoms with Crippen molar-refractivity contribution in [1.82, 2.24) is 14.8 Å². The van der Waals surface area contributed by atoms with Gasteiger partial charge in [-0.15, -0.1) is 0 Å². The third-order valence-corrected chi connectivity index (χ3v) is 4.93. The molecule has 1 saturated heterocycles. The minimum atomic E-state index is -0.177. The summed E-state index contributed by atoms with van der Waals surface area (Å²) >= 11 is 12.0. The molecule has 2 amide bonds. The number of carbonyl (C=O) groups excluding carboxylic acids is 2. The predicted molar refractivity (Wildman–Crippen MR) is 110 cm³/mol. The number of piperazine rings is 1. The van der Waals surface area contributed by atoms with E-state index in [9.17, 15) is 9.59 Å². The average Bonchev–Trinajstić information content (AvgIpc) is 2.73. The summed E-state index contributed by atoms with van der Waals surface area (Å²) in [5, 5.41) is 0.819. The average molecular weight is 438 g/mol. The number of amides is 2. The summed E-state index contributed by atoms with van der Waals surface area (Å²) in [5.74, 6) is -0.0588. The Morgan fingerprint density at radius 1 is 1.00 bits per heavy atom. The molecule has 1 aliphatic rings. The van der Waals surface area contributed by atoms with Crippen LogP contribution in [0.15, 0.2) is 36.5 Å². The van der Waals surface area contributed by atoms with Crippen LogP contribution in [0.4, 0.5) is 0 Å². The van der Waals surface area contributed by atoms with Crippen molar-refractivity contribution in [1.29, 1.82) is 0 Å². The molecule has 0 radical (unpaired) electrons. The molecular weight excluding hydrogens is 417 g/mol. The Bertz CT molecular complexity index is 866. The fourth-order valence-corrected chi connectivity index (χ4v) is 3.56. The Balaban J connectivity index is 1.63. The molecule has 1 aromatic carbocycles. The Labute approximate surface area is 179 Å². The first-order chi connectivity index (χ1) is 14.0. The second-order valence-electron chi connectivity index (χ2n) is 6.44. The lowest BCUT2D eigenvalue weighted by molar-refractivity contribution is 0.0531. The third-order valence-electron chi connectivity index (χ3n) is 4.49. The molecule has 9 heteroatoms. The highest BCUT2D eigenvalue weighted by atomic mass is 35.5. The van der Waals surface area contributed by atoms with Crippen LogP contribution < -0.4 is 4.74 Å². The maximum atomic E-state index is 12.9. The lowest BCUT2D eigenvalue weighted by Gasteiger charge is -2.35. The van der Waals surface area contributed by atoms with Gasteiger partial charge >= 0.3 is 0 Å². The molecule has 1 aliphatic heterocycles. The third kappa shape index (κ3) is 5.38. The molecule has 1 fully saturated rings. The van der Waals surface area contributed by atoms with Crippen LogP contribution in [-0.2, 0) is 4.74 Å². The van der Waals surface area contributed by atoms with Gasteiger partial charge in [-0.1, -0.05) is 23.2 Å². The number of aromatic nitrogens is 1. The van der Waals surface area contributed by atoms with Crippen LogP contribution in [0.2, 0.25) is 10.0 Å². The highest BCUT2D eigenvalue weighted by molar-refractivity contribution is 6.35. The van der Waals surface area contributed by atoms with Gasteiger partial charge in [0, 0.05) is 55.1 Å². The van der Waals surface area contributed by atoms with Crippen molar-refractivity contribution in [2.24, 2.45) is 0 Å². The molecule has 3 rings (SSSR count). The molecule has 0 saturated carbocycles. The Morgan fingerprint density at radius 2 is 1.62 bits per heavy atom. The van der Waals surface area contributed by atoms with Crippen LogP contribution in [0.25, 0.3) is 0 Å². The number of hydrogen-bond donors (Lipinski definition) is 0. The summed E-state index contributed by atoms with van der Waals surface area (Å²) in [4.78, 5) is 33.2. The van der Waals surface area contributed by atoms with Gasteiger partial charge in [0.15, 0.2) is 0 Å². The van der Waals surface area contributed by atoms with E-state index in [1.807, 2.05) is 0 Å². The zero-order chi connectivity index (χ0) is 20.8. The molecular formula is C20H21Cl2N3O4. The minimum absolute atomic E-state index is 0.161. The molecule has 1 aromatic heterocycles. The summed E-state index contributed by atoms with van der Waals surface area (Å²) in [6, 6.07) is 8.14. The van der Waals surface area contributed by atoms with Gasteiger partial charge in [-0.05, 0) is 30.3 Å². The van der Waals surface area contributed by atoms with E-state index < -0.39 is 0 Å². The van der Waals surface area contributed by atoms with E-state index >= 15 is 0 Å². The predicted octanol–water partition coefficient (Wildman–Crippen LogP) is 3.01. The van der Waals surface area contributed by atoms with Crippen LogP contribution in [0, 0.1) is 0 Å². The maximum absolute atomic E-state index is 12.9. The van der Waals surface area contributed by atoms with Crippen molar-refractivity contribution in [3.05, 3.63) is 57.7 Å². The Kier molecular flexibility index (Phi) is 7.30. The van der Waals surface area contributed by atoms with E-state index in [4.69, 9.17) is 32.7 Å². The summed E-state index contributed by atoms with van der Waals surface area (Å²) in [6.07, 6.45) is 1.58. The zero-order valence-corrected chi connectivity index (χ0v) is 17.4. The highest BCUT2D eigenvalue weighted by Gasteiger charge is 2.27. The standard InChI is InChI=1S/C20H21Cl2N3O4/c1-28-9-10-29-18-17(3-2-4-23-18)20(27)25-7-5-24(6-8-25)19(26)14-11-15(21)13-16(22)12-14/h2-4,11-13H,5-10H2,1H3. The number of hydrogen-bond acceptors (Lipinski definition) is 5. The molecule has 154 valence electrons. The minimum Gasteiger partial charge on any atom is -0.475 e. The largest absolute Gasteiger partial charge is 0.475 e. The molecule has 0 atom stereocenters. The topological polar surface area (TPSA) is 72.0 Å². The quantitative estimate of drug-likeness (QED) is 0.649. The van der Waals surface area contributed by atoms with Crippen molar-refractivity contribution in [3.63, 3.8) is 0 Å². The second kappa shape index (κ2) is 9.91. The van der Waals surface area contributed by atoms with Crippen LogP contribution in [0.3, 0.4) is 0 Å². The van der Waals surface area contributed by atoms with E-state index in [0.29, 0.717) is 60.6 Å². The van der Waals surface area contributed by atoms with Crippen molar-refractivity contribution < 1.29 is 19.1 Å². The molecule has 7 nitrogen and oxygen atoms in total. The maximum Gasteiger partial charge on any atom is 0.259 e. The number of rotatable bonds is 6. The Morgan fingerprint density at radius 3 is 2.24 bits per heavy atom. The molecule has 0 N–H and O–H groups in total. The normalized spacial score (nSPS) is 14.0. The summed E-state index contributed by atoms with van der Waals surface area (Å²) < 4.78 is 10.5. The van der Waals surface area contributed by atoms with Gasteiger partial charge in [0.2, 0.25) is 5.88 Å². The smallest absolute Gasteiger partial charge is 0.259 e. The number of pyridine rings is 1. The lowest BCUT2D eigenvalue weighted by Crippen LogP contribution is -2.50. The summed E-state index contributed by atoms with van der Waals surface area (Å²) in [5.41, 5.74) is 0.827. The first-order valence-corrected chi connectivity index (χ1v) is 9.86. The van der Waals surface area contributed by atoms with Gasteiger partial charge in [0.1, 0.15) is 12.2 Å². The Hall–Kier alpha value is -2.35. The summed E-state index contributed by atoms with van der Waals surface area (Å²) in [6.45, 7) is 2.34. The van der Waals surface area contributed by atoms with Crippen LogP contribution in [-0.4, -0.2) is 73.1 Å². The van der Waals surface area contributed by atoms with E-state index in [2.05, 4.69) is 4.98 Å². The van der Waals surface area contributed by atoms with Gasteiger partial charge < -0.3 is 19.3 Å². The van der Waals surface area contributed by atoms with E-state index in [0.717, 1.165) is 0 Å². The summed E-state index contributed by atoms with van der Waals surface area (Å²) in [7, 11) is 1.58. The van der Waals surface area contributed by atoms with Crippen molar-refractivity contribution >= 4 is 35.0 Å². The number of halogens is 2. The first-order valence-electron chi connectivity index (χ1n) is 9.11. The molecule has 2 heterocycles. The molecule has 0 unspecified atom stereocenters. The van der Waals surface area contributed by atoms with Crippen LogP contribution >= 0.6 is 23.2 Å². The van der Waals surface area contributed by atoms with Gasteiger partial charge in [-0.3, -0.25) is 9.59 Å². The van der Waals surface area contributed by atoms with Crippen molar-refractivity contribution in [2.45, 2.75) is 0 Å². The molecule has 2 aromatic rings. The van der Waals surface area contributed by atoms with Gasteiger partial charge in [0.25, 0.3) is 11.8 Å². The van der Waals surface area contributed by atoms with Crippen molar-refractivity contribution in [3.8, 4) is 5.88 Å². The highest BCUT2D eigenvalue weighted by Crippen LogP contribution is 2.22. The second-order valence-corrected chi connectivity index (χ2v) is 7.31. The number of methoxy groups -OCH3 is 1. The molecule has 0 bridgehead atoms. The van der Waals surface area contributed by atoms with Crippen LogP contribution in [0.5, 0.6) is 5.88 Å². The van der Waals surface area contributed by atoms with E-state index in [1.165, 1.54) is 0 Å². The van der Waals surface area contributed by atoms with Gasteiger partial charge in [-0.2, -0.15) is 0 Å². The number of benzene rings is 1. The van der Waals surface area contributed by atoms with Gasteiger partial charge in [0.05, 0.1) is 6.61 Å². The van der Waals surface area contributed by atoms with Crippen LogP contribution in [0.1, 0.15) is 20.7 Å². The number of carbonyl (C=O) groups is 2. The van der Waals surface area contributed by atoms with Gasteiger partial charge in [-0.25, -0.2) is 4.98 Å². The SMILES string of the molecule is COCCOc1ncccc1C(=O)N1CCN(C(=O)c2cc(Cl)cc(Cl)c2)CC1. The van der Waals surface area contributed by atoms with Crippen molar-refractivity contribution in [2.75, 3.05) is 46.5 Å². The monoisotopic (exact) mass is 437 g/mol.